The van der Waals surface area contributed by atoms with E-state index in [1.807, 2.05) is 0 Å². The lowest BCUT2D eigenvalue weighted by Gasteiger charge is -2.03. The summed E-state index contributed by atoms with van der Waals surface area (Å²) in [5.41, 5.74) is 5.97. The summed E-state index contributed by atoms with van der Waals surface area (Å²) in [6, 6.07) is 4.86. The van der Waals surface area contributed by atoms with E-state index in [1.165, 1.54) is 6.07 Å². The molecule has 0 fully saturated rings. The van der Waals surface area contributed by atoms with Gasteiger partial charge in [0.25, 0.3) is 0 Å². The Morgan fingerprint density at radius 1 is 1.25 bits per heavy atom. The van der Waals surface area contributed by atoms with Crippen molar-refractivity contribution in [3.8, 4) is 11.5 Å². The zero-order valence-electron chi connectivity index (χ0n) is 6.53. The molecule has 0 atom stereocenters. The monoisotopic (exact) mass is 233 g/mol. The van der Waals surface area contributed by atoms with Crippen molar-refractivity contribution in [3.63, 3.8) is 0 Å². The van der Waals surface area contributed by atoms with Gasteiger partial charge in [0.05, 0.1) is 0 Å². The third kappa shape index (κ3) is 2.39. The molecule has 1 aromatic rings. The molecule has 12 heavy (non-hydrogen) atoms. The second-order valence-electron chi connectivity index (χ2n) is 2.32. The molecule has 0 aliphatic rings. The van der Waals surface area contributed by atoms with Crippen LogP contribution >= 0.6 is 17.0 Å². The molecule has 0 aromatic heterocycles. The molecule has 0 aliphatic heterocycles. The van der Waals surface area contributed by atoms with Crippen LogP contribution in [0, 0.1) is 0 Å². The topological polar surface area (TPSA) is 66.5 Å². The molecule has 0 bridgehead atoms. The van der Waals surface area contributed by atoms with Gasteiger partial charge < -0.3 is 15.9 Å². The first-order valence-corrected chi connectivity index (χ1v) is 3.45. The Morgan fingerprint density at radius 3 is 2.50 bits per heavy atom. The summed E-state index contributed by atoms with van der Waals surface area (Å²) >= 11 is 0. The Morgan fingerprint density at radius 2 is 1.92 bits per heavy atom. The summed E-state index contributed by atoms with van der Waals surface area (Å²) < 4.78 is 0. The predicted molar refractivity (Wildman–Crippen MR) is 52.9 cm³/mol. The lowest BCUT2D eigenvalue weighted by molar-refractivity contribution is 0.399. The van der Waals surface area contributed by atoms with Crippen molar-refractivity contribution >= 4 is 17.0 Å². The minimum atomic E-state index is -0.0871. The third-order valence-corrected chi connectivity index (χ3v) is 1.51. The number of rotatable bonds is 2. The van der Waals surface area contributed by atoms with Gasteiger partial charge in [-0.3, -0.25) is 0 Å². The van der Waals surface area contributed by atoms with Gasteiger partial charge in [0.1, 0.15) is 0 Å². The molecule has 4 heteroatoms. The number of hydrogen-bond donors (Lipinski definition) is 3. The molecule has 3 nitrogen and oxygen atoms in total. The second kappa shape index (κ2) is 5.00. The normalized spacial score (nSPS) is 9.08. The van der Waals surface area contributed by atoms with Gasteiger partial charge in [-0.25, -0.2) is 0 Å². The van der Waals surface area contributed by atoms with Gasteiger partial charge >= 0.3 is 0 Å². The highest BCUT2D eigenvalue weighted by Crippen LogP contribution is 2.27. The molecular formula is C8H12BrNO2. The quantitative estimate of drug-likeness (QED) is 0.673. The van der Waals surface area contributed by atoms with Crippen molar-refractivity contribution in [1.29, 1.82) is 0 Å². The minimum absolute atomic E-state index is 0. The van der Waals surface area contributed by atoms with Crippen molar-refractivity contribution < 1.29 is 10.2 Å². The molecule has 1 aromatic carbocycles. The first kappa shape index (κ1) is 11.3. The standard InChI is InChI=1S/C8H11NO2.BrH/c9-5-4-6-2-1-3-7(10)8(6)11;/h1-3,10-11H,4-5,9H2;1H. The number of phenolic OH excluding ortho intramolecular Hbond substituents is 2. The van der Waals surface area contributed by atoms with Gasteiger partial charge in [-0.15, -0.1) is 17.0 Å². The van der Waals surface area contributed by atoms with Gasteiger partial charge in [0.15, 0.2) is 11.5 Å². The van der Waals surface area contributed by atoms with Crippen molar-refractivity contribution in [3.05, 3.63) is 23.8 Å². The fraction of sp³-hybridized carbons (Fsp3) is 0.250. The van der Waals surface area contributed by atoms with Crippen LogP contribution in [0.2, 0.25) is 0 Å². The fourth-order valence-corrected chi connectivity index (χ4v) is 0.935. The lowest BCUT2D eigenvalue weighted by Crippen LogP contribution is -2.02. The molecule has 4 N–H and O–H groups in total. The SMILES string of the molecule is Br.NCCc1cccc(O)c1O. The molecule has 0 radical (unpaired) electrons. The van der Waals surface area contributed by atoms with Crippen LogP contribution in [0.5, 0.6) is 11.5 Å². The summed E-state index contributed by atoms with van der Waals surface area (Å²) in [6.07, 6.45) is 0.584. The highest BCUT2D eigenvalue weighted by molar-refractivity contribution is 8.93. The van der Waals surface area contributed by atoms with Gasteiger partial charge in [0.2, 0.25) is 0 Å². The summed E-state index contributed by atoms with van der Waals surface area (Å²) in [5.74, 6) is -0.145. The van der Waals surface area contributed by atoms with Crippen LogP contribution in [0.1, 0.15) is 5.56 Å². The smallest absolute Gasteiger partial charge is 0.160 e. The second-order valence-corrected chi connectivity index (χ2v) is 2.32. The fourth-order valence-electron chi connectivity index (χ4n) is 0.935. The van der Waals surface area contributed by atoms with E-state index in [4.69, 9.17) is 10.8 Å². The van der Waals surface area contributed by atoms with Crippen LogP contribution < -0.4 is 5.73 Å². The highest BCUT2D eigenvalue weighted by atomic mass is 79.9. The van der Waals surface area contributed by atoms with E-state index in [0.29, 0.717) is 18.5 Å². The van der Waals surface area contributed by atoms with Crippen LogP contribution in [0.15, 0.2) is 18.2 Å². The lowest BCUT2D eigenvalue weighted by atomic mass is 10.1. The van der Waals surface area contributed by atoms with Crippen molar-refractivity contribution in [2.45, 2.75) is 6.42 Å². The maximum absolute atomic E-state index is 9.22. The van der Waals surface area contributed by atoms with Crippen molar-refractivity contribution in [1.82, 2.24) is 0 Å². The van der Waals surface area contributed by atoms with Crippen molar-refractivity contribution in [2.24, 2.45) is 5.73 Å². The van der Waals surface area contributed by atoms with Gasteiger partial charge in [0, 0.05) is 0 Å². The number of para-hydroxylation sites is 1. The maximum Gasteiger partial charge on any atom is 0.160 e. The Kier molecular flexibility index (Phi) is 4.70. The molecule has 0 saturated carbocycles. The minimum Gasteiger partial charge on any atom is -0.504 e. The van der Waals surface area contributed by atoms with Crippen LogP contribution in [-0.2, 0) is 6.42 Å². The van der Waals surface area contributed by atoms with E-state index >= 15 is 0 Å². The van der Waals surface area contributed by atoms with E-state index in [1.54, 1.807) is 12.1 Å². The first-order chi connectivity index (χ1) is 5.25. The number of halogens is 1. The Labute approximate surface area is 81.6 Å². The largest absolute Gasteiger partial charge is 0.504 e. The van der Waals surface area contributed by atoms with E-state index in [0.717, 1.165) is 0 Å². The Hall–Kier alpha value is -0.740. The molecule has 0 spiro atoms. The maximum atomic E-state index is 9.22. The number of aromatic hydroxyl groups is 2. The number of phenols is 2. The van der Waals surface area contributed by atoms with E-state index in [9.17, 15) is 5.11 Å². The van der Waals surface area contributed by atoms with Crippen molar-refractivity contribution in [2.75, 3.05) is 6.54 Å². The summed E-state index contributed by atoms with van der Waals surface area (Å²) in [6.45, 7) is 0.469. The average Bonchev–Trinajstić information content (AvgIpc) is 1.99. The molecule has 0 heterocycles. The summed E-state index contributed by atoms with van der Waals surface area (Å²) in [5, 5.41) is 18.3. The summed E-state index contributed by atoms with van der Waals surface area (Å²) in [4.78, 5) is 0. The number of benzene rings is 1. The molecule has 68 valence electrons. The molecular weight excluding hydrogens is 222 g/mol. The first-order valence-electron chi connectivity index (χ1n) is 3.45. The van der Waals surface area contributed by atoms with Gasteiger partial charge in [-0.1, -0.05) is 12.1 Å². The molecule has 0 aliphatic carbocycles. The number of hydrogen-bond acceptors (Lipinski definition) is 3. The van der Waals surface area contributed by atoms with Gasteiger partial charge in [-0.2, -0.15) is 0 Å². The van der Waals surface area contributed by atoms with Crippen LogP contribution in [0.25, 0.3) is 0 Å². The highest BCUT2D eigenvalue weighted by Gasteiger charge is 2.03. The van der Waals surface area contributed by atoms with Crippen LogP contribution in [-0.4, -0.2) is 16.8 Å². The van der Waals surface area contributed by atoms with Crippen LogP contribution in [0.4, 0.5) is 0 Å². The van der Waals surface area contributed by atoms with E-state index in [-0.39, 0.29) is 28.5 Å². The van der Waals surface area contributed by atoms with Crippen LogP contribution in [0.3, 0.4) is 0 Å². The average molecular weight is 234 g/mol. The Bertz CT molecular complexity index is 253. The summed E-state index contributed by atoms with van der Waals surface area (Å²) in [7, 11) is 0. The molecule has 0 saturated heterocycles. The molecule has 1 rings (SSSR count). The molecule has 0 unspecified atom stereocenters. The predicted octanol–water partition coefficient (Wildman–Crippen LogP) is 1.18. The third-order valence-electron chi connectivity index (χ3n) is 1.51. The van der Waals surface area contributed by atoms with Gasteiger partial charge in [-0.05, 0) is 24.6 Å². The molecule has 0 amide bonds. The van der Waals surface area contributed by atoms with E-state index in [2.05, 4.69) is 0 Å². The van der Waals surface area contributed by atoms with E-state index < -0.39 is 0 Å². The number of nitrogens with two attached hydrogens (primary N) is 1. The zero-order valence-corrected chi connectivity index (χ0v) is 8.24. The zero-order chi connectivity index (χ0) is 8.27. The Balaban J connectivity index is 0.00000121.